The highest BCUT2D eigenvalue weighted by atomic mass is 16.8. The molecular weight excluding hydrogens is 200 g/mol. The molecule has 1 aliphatic rings. The summed E-state index contributed by atoms with van der Waals surface area (Å²) >= 11 is 0. The highest BCUT2D eigenvalue weighted by Gasteiger charge is 2.23. The molecule has 0 saturated carbocycles. The SMILES string of the molecule is CC(=CCCCC1COC(=O)O1)C(=O)O. The minimum atomic E-state index is -0.898. The number of ether oxygens (including phenoxy) is 2. The van der Waals surface area contributed by atoms with Crippen molar-refractivity contribution < 1.29 is 24.2 Å². The van der Waals surface area contributed by atoms with Gasteiger partial charge in [0, 0.05) is 5.57 Å². The summed E-state index contributed by atoms with van der Waals surface area (Å²) in [4.78, 5) is 21.0. The average molecular weight is 214 g/mol. The van der Waals surface area contributed by atoms with Crippen LogP contribution in [0.4, 0.5) is 4.79 Å². The Morgan fingerprint density at radius 3 is 2.93 bits per heavy atom. The van der Waals surface area contributed by atoms with Crippen LogP contribution >= 0.6 is 0 Å². The molecule has 1 rings (SSSR count). The van der Waals surface area contributed by atoms with Gasteiger partial charge in [-0.25, -0.2) is 9.59 Å². The van der Waals surface area contributed by atoms with Crippen molar-refractivity contribution in [3.63, 3.8) is 0 Å². The zero-order valence-electron chi connectivity index (χ0n) is 8.56. The minimum Gasteiger partial charge on any atom is -0.478 e. The molecule has 0 aliphatic carbocycles. The molecule has 5 heteroatoms. The van der Waals surface area contributed by atoms with E-state index in [0.29, 0.717) is 25.0 Å². The molecule has 1 heterocycles. The second-order valence-corrected chi connectivity index (χ2v) is 3.42. The molecule has 0 aromatic rings. The Balaban J connectivity index is 2.14. The lowest BCUT2D eigenvalue weighted by Gasteiger charge is -2.03. The fourth-order valence-corrected chi connectivity index (χ4v) is 1.26. The Morgan fingerprint density at radius 1 is 1.67 bits per heavy atom. The molecule has 84 valence electrons. The van der Waals surface area contributed by atoms with Crippen LogP contribution < -0.4 is 0 Å². The molecule has 15 heavy (non-hydrogen) atoms. The summed E-state index contributed by atoms with van der Waals surface area (Å²) < 4.78 is 9.43. The van der Waals surface area contributed by atoms with E-state index in [1.165, 1.54) is 0 Å². The smallest absolute Gasteiger partial charge is 0.478 e. The molecule has 0 amide bonds. The van der Waals surface area contributed by atoms with Gasteiger partial charge in [-0.15, -0.1) is 0 Å². The number of carboxylic acid groups (broad SMARTS) is 1. The van der Waals surface area contributed by atoms with Gasteiger partial charge in [0.2, 0.25) is 0 Å². The number of carboxylic acids is 1. The molecule has 0 aromatic carbocycles. The number of unbranched alkanes of at least 4 members (excludes halogenated alkanes) is 1. The maximum atomic E-state index is 10.5. The third-order valence-electron chi connectivity index (χ3n) is 2.17. The summed E-state index contributed by atoms with van der Waals surface area (Å²) in [6.07, 6.45) is 3.04. The van der Waals surface area contributed by atoms with Crippen LogP contribution in [0.3, 0.4) is 0 Å². The van der Waals surface area contributed by atoms with Crippen molar-refractivity contribution in [3.05, 3.63) is 11.6 Å². The fourth-order valence-electron chi connectivity index (χ4n) is 1.26. The summed E-state index contributed by atoms with van der Waals surface area (Å²) in [7, 11) is 0. The number of carbonyl (C=O) groups excluding carboxylic acids is 1. The van der Waals surface area contributed by atoms with Crippen molar-refractivity contribution in [2.24, 2.45) is 0 Å². The van der Waals surface area contributed by atoms with Crippen LogP contribution in [0.1, 0.15) is 26.2 Å². The topological polar surface area (TPSA) is 72.8 Å². The molecule has 5 nitrogen and oxygen atoms in total. The highest BCUT2D eigenvalue weighted by Crippen LogP contribution is 2.13. The molecule has 1 aliphatic heterocycles. The van der Waals surface area contributed by atoms with Gasteiger partial charge in [-0.05, 0) is 26.2 Å². The van der Waals surface area contributed by atoms with Crippen molar-refractivity contribution in [1.82, 2.24) is 0 Å². The lowest BCUT2D eigenvalue weighted by atomic mass is 10.1. The van der Waals surface area contributed by atoms with E-state index in [0.717, 1.165) is 6.42 Å². The number of aliphatic carboxylic acids is 1. The standard InChI is InChI=1S/C10H14O5/c1-7(9(11)12)4-2-3-5-8-6-14-10(13)15-8/h4,8H,2-3,5-6H2,1H3,(H,11,12). The van der Waals surface area contributed by atoms with Crippen molar-refractivity contribution in [2.75, 3.05) is 6.61 Å². The molecule has 0 spiro atoms. The maximum absolute atomic E-state index is 10.5. The van der Waals surface area contributed by atoms with Crippen LogP contribution in [-0.2, 0) is 14.3 Å². The fraction of sp³-hybridized carbons (Fsp3) is 0.600. The molecule has 1 N–H and O–H groups in total. The number of rotatable bonds is 5. The summed E-state index contributed by atoms with van der Waals surface area (Å²) in [6, 6.07) is 0. The Kier molecular flexibility index (Phi) is 4.15. The zero-order valence-corrected chi connectivity index (χ0v) is 8.56. The van der Waals surface area contributed by atoms with Gasteiger partial charge in [0.05, 0.1) is 0 Å². The number of cyclic esters (lactones) is 2. The van der Waals surface area contributed by atoms with Gasteiger partial charge in [0.1, 0.15) is 12.7 Å². The molecule has 1 atom stereocenters. The quantitative estimate of drug-likeness (QED) is 0.428. The molecule has 0 radical (unpaired) electrons. The number of carbonyl (C=O) groups is 2. The van der Waals surface area contributed by atoms with Gasteiger partial charge in [-0.2, -0.15) is 0 Å². The first-order valence-electron chi connectivity index (χ1n) is 4.83. The zero-order chi connectivity index (χ0) is 11.3. The van der Waals surface area contributed by atoms with E-state index in [2.05, 4.69) is 4.74 Å². The second-order valence-electron chi connectivity index (χ2n) is 3.42. The third-order valence-corrected chi connectivity index (χ3v) is 2.17. The van der Waals surface area contributed by atoms with Gasteiger partial charge in [-0.1, -0.05) is 6.08 Å². The third kappa shape index (κ3) is 4.01. The summed E-state index contributed by atoms with van der Waals surface area (Å²) in [5.41, 5.74) is 0.342. The Bertz CT molecular complexity index is 282. The molecule has 1 unspecified atom stereocenters. The van der Waals surface area contributed by atoms with E-state index in [4.69, 9.17) is 9.84 Å². The molecule has 0 aromatic heterocycles. The highest BCUT2D eigenvalue weighted by molar-refractivity contribution is 5.85. The van der Waals surface area contributed by atoms with Crippen LogP contribution in [0.25, 0.3) is 0 Å². The van der Waals surface area contributed by atoms with E-state index in [1.807, 2.05) is 0 Å². The number of allylic oxidation sites excluding steroid dienone is 1. The minimum absolute atomic E-state index is 0.170. The number of hydrogen-bond donors (Lipinski definition) is 1. The van der Waals surface area contributed by atoms with Gasteiger partial charge in [0.25, 0.3) is 0 Å². The van der Waals surface area contributed by atoms with Crippen LogP contribution in [0.2, 0.25) is 0 Å². The van der Waals surface area contributed by atoms with Gasteiger partial charge < -0.3 is 14.6 Å². The predicted octanol–water partition coefficient (Wildman–Crippen LogP) is 1.72. The largest absolute Gasteiger partial charge is 0.508 e. The van der Waals surface area contributed by atoms with Crippen LogP contribution in [0.15, 0.2) is 11.6 Å². The van der Waals surface area contributed by atoms with Crippen molar-refractivity contribution in [1.29, 1.82) is 0 Å². The van der Waals surface area contributed by atoms with Crippen LogP contribution in [-0.4, -0.2) is 29.9 Å². The van der Waals surface area contributed by atoms with Gasteiger partial charge in [-0.3, -0.25) is 0 Å². The Morgan fingerprint density at radius 2 is 2.40 bits per heavy atom. The first-order valence-corrected chi connectivity index (χ1v) is 4.83. The summed E-state index contributed by atoms with van der Waals surface area (Å²) in [5, 5.41) is 8.57. The first kappa shape index (κ1) is 11.6. The van der Waals surface area contributed by atoms with Crippen LogP contribution in [0, 0.1) is 0 Å². The van der Waals surface area contributed by atoms with Crippen molar-refractivity contribution >= 4 is 12.1 Å². The Hall–Kier alpha value is -1.52. The lowest BCUT2D eigenvalue weighted by molar-refractivity contribution is -0.132. The van der Waals surface area contributed by atoms with E-state index in [-0.39, 0.29) is 6.10 Å². The maximum Gasteiger partial charge on any atom is 0.508 e. The molecule has 1 saturated heterocycles. The molecule has 1 fully saturated rings. The first-order chi connectivity index (χ1) is 7.09. The monoisotopic (exact) mass is 214 g/mol. The second kappa shape index (κ2) is 5.38. The van der Waals surface area contributed by atoms with Crippen molar-refractivity contribution in [3.8, 4) is 0 Å². The Labute approximate surface area is 87.7 Å². The van der Waals surface area contributed by atoms with E-state index >= 15 is 0 Å². The van der Waals surface area contributed by atoms with E-state index < -0.39 is 12.1 Å². The summed E-state index contributed by atoms with van der Waals surface area (Å²) in [5.74, 6) is -0.898. The number of hydrogen-bond acceptors (Lipinski definition) is 4. The van der Waals surface area contributed by atoms with Gasteiger partial charge in [0.15, 0.2) is 0 Å². The van der Waals surface area contributed by atoms with Gasteiger partial charge >= 0.3 is 12.1 Å². The predicted molar refractivity (Wildman–Crippen MR) is 51.5 cm³/mol. The van der Waals surface area contributed by atoms with E-state index in [1.54, 1.807) is 13.0 Å². The lowest BCUT2D eigenvalue weighted by Crippen LogP contribution is -2.09. The average Bonchev–Trinajstić information content (AvgIpc) is 2.58. The summed E-state index contributed by atoms with van der Waals surface area (Å²) in [6.45, 7) is 1.86. The van der Waals surface area contributed by atoms with Crippen molar-refractivity contribution in [2.45, 2.75) is 32.3 Å². The normalized spacial score (nSPS) is 21.0. The molecular formula is C10H14O5. The van der Waals surface area contributed by atoms with Crippen LogP contribution in [0.5, 0.6) is 0 Å². The molecule has 0 bridgehead atoms. The van der Waals surface area contributed by atoms with E-state index in [9.17, 15) is 9.59 Å².